The number of nitrogens with one attached hydrogen (secondary N) is 1. The van der Waals surface area contributed by atoms with Crippen molar-refractivity contribution in [2.75, 3.05) is 19.0 Å². The first-order valence-corrected chi connectivity index (χ1v) is 12.7. The number of halogens is 3. The molecule has 1 amide bonds. The van der Waals surface area contributed by atoms with Crippen LogP contribution in [0.4, 0.5) is 5.69 Å². The normalized spacial score (nSPS) is 10.9. The van der Waals surface area contributed by atoms with E-state index in [2.05, 4.69) is 21.2 Å². The number of amides is 1. The number of carbonyl (C=O) groups excluding carboxylic acids is 2. The van der Waals surface area contributed by atoms with E-state index in [1.54, 1.807) is 42.5 Å². The summed E-state index contributed by atoms with van der Waals surface area (Å²) in [6, 6.07) is 15.0. The molecule has 0 bridgehead atoms. The number of benzene rings is 3. The lowest BCUT2D eigenvalue weighted by atomic mass is 10.1. The second-order valence-electron chi connectivity index (χ2n) is 7.91. The number of unbranched alkanes of at least 4 members (excludes halogenated alkanes) is 1. The zero-order chi connectivity index (χ0) is 25.8. The third-order valence-electron chi connectivity index (χ3n) is 5.46. The number of carbonyl (C=O) groups is 2. The van der Waals surface area contributed by atoms with Crippen LogP contribution in [0, 0.1) is 0 Å². The molecule has 0 aliphatic heterocycles. The number of anilines is 1. The van der Waals surface area contributed by atoms with Crippen LogP contribution in [0.2, 0.25) is 10.0 Å². The maximum Gasteiger partial charge on any atom is 0.255 e. The molecule has 1 heterocycles. The second kappa shape index (κ2) is 11.4. The van der Waals surface area contributed by atoms with Gasteiger partial charge in [0.2, 0.25) is 5.78 Å². The molecule has 3 aromatic carbocycles. The molecular weight excluding hydrogens is 569 g/mol. The van der Waals surface area contributed by atoms with Crippen LogP contribution in [0.5, 0.6) is 11.5 Å². The predicted molar refractivity (Wildman–Crippen MR) is 145 cm³/mol. The predicted octanol–water partition coefficient (Wildman–Crippen LogP) is 8.17. The van der Waals surface area contributed by atoms with Crippen LogP contribution in [0.1, 0.15) is 46.2 Å². The van der Waals surface area contributed by atoms with E-state index in [1.165, 1.54) is 19.2 Å². The van der Waals surface area contributed by atoms with Crippen LogP contribution < -0.4 is 14.8 Å². The maximum atomic E-state index is 13.4. The minimum Gasteiger partial charge on any atom is -0.496 e. The van der Waals surface area contributed by atoms with Crippen molar-refractivity contribution < 1.29 is 23.5 Å². The zero-order valence-electron chi connectivity index (χ0n) is 19.5. The van der Waals surface area contributed by atoms with E-state index in [0.717, 1.165) is 12.8 Å². The fourth-order valence-corrected chi connectivity index (χ4v) is 4.74. The Morgan fingerprint density at radius 2 is 1.75 bits per heavy atom. The van der Waals surface area contributed by atoms with Crippen LogP contribution in [-0.4, -0.2) is 25.4 Å². The molecule has 0 atom stereocenters. The highest BCUT2D eigenvalue weighted by Crippen LogP contribution is 2.37. The third-order valence-corrected chi connectivity index (χ3v) is 6.64. The molecule has 0 aliphatic carbocycles. The van der Waals surface area contributed by atoms with Gasteiger partial charge in [0, 0.05) is 16.5 Å². The molecule has 36 heavy (non-hydrogen) atoms. The van der Waals surface area contributed by atoms with Crippen molar-refractivity contribution in [1.29, 1.82) is 0 Å². The number of methoxy groups -OCH3 is 1. The van der Waals surface area contributed by atoms with Crippen LogP contribution in [0.15, 0.2) is 63.5 Å². The Hall–Kier alpha value is -3.00. The van der Waals surface area contributed by atoms with Gasteiger partial charge in [-0.05, 0) is 64.8 Å². The van der Waals surface area contributed by atoms with Gasteiger partial charge in [0.05, 0.1) is 33.9 Å². The number of para-hydroxylation sites is 1. The number of fused-ring (bicyclic) bond motifs is 1. The number of furan rings is 1. The van der Waals surface area contributed by atoms with E-state index >= 15 is 0 Å². The van der Waals surface area contributed by atoms with Gasteiger partial charge in [0.25, 0.3) is 5.91 Å². The Morgan fingerprint density at radius 1 is 1.03 bits per heavy atom. The third kappa shape index (κ3) is 5.38. The average Bonchev–Trinajstić information content (AvgIpc) is 3.23. The maximum absolute atomic E-state index is 13.4. The second-order valence-corrected chi connectivity index (χ2v) is 9.57. The summed E-state index contributed by atoms with van der Waals surface area (Å²) >= 11 is 16.1. The SMILES string of the molecule is CCCCOc1c(Cl)cc(C(=O)Nc2c(C(=O)c3ccc(OC)c(Br)c3)oc3ccccc23)cc1Cl. The molecular formula is C27H22BrCl2NO5. The van der Waals surface area contributed by atoms with Crippen molar-refractivity contribution in [2.24, 2.45) is 0 Å². The number of ketones is 1. The van der Waals surface area contributed by atoms with E-state index in [-0.39, 0.29) is 27.1 Å². The minimum absolute atomic E-state index is 0.00155. The number of hydrogen-bond acceptors (Lipinski definition) is 5. The summed E-state index contributed by atoms with van der Waals surface area (Å²) in [5.74, 6) is 0.00736. The first-order valence-electron chi connectivity index (χ1n) is 11.2. The van der Waals surface area contributed by atoms with Gasteiger partial charge in [-0.2, -0.15) is 0 Å². The van der Waals surface area contributed by atoms with Crippen molar-refractivity contribution >= 4 is 67.5 Å². The van der Waals surface area contributed by atoms with Crippen LogP contribution >= 0.6 is 39.1 Å². The number of ether oxygens (including phenoxy) is 2. The van der Waals surface area contributed by atoms with Crippen molar-refractivity contribution in [3.05, 3.63) is 86.0 Å². The quantitative estimate of drug-likeness (QED) is 0.157. The van der Waals surface area contributed by atoms with Gasteiger partial charge in [-0.3, -0.25) is 9.59 Å². The van der Waals surface area contributed by atoms with Crippen molar-refractivity contribution in [2.45, 2.75) is 19.8 Å². The van der Waals surface area contributed by atoms with Gasteiger partial charge in [-0.1, -0.05) is 48.7 Å². The van der Waals surface area contributed by atoms with Crippen molar-refractivity contribution in [3.8, 4) is 11.5 Å². The number of rotatable bonds is 9. The molecule has 0 radical (unpaired) electrons. The smallest absolute Gasteiger partial charge is 0.255 e. The molecule has 6 nitrogen and oxygen atoms in total. The molecule has 1 aromatic heterocycles. The first-order chi connectivity index (χ1) is 17.3. The van der Waals surface area contributed by atoms with E-state index in [1.807, 2.05) is 6.92 Å². The lowest BCUT2D eigenvalue weighted by Gasteiger charge is -2.12. The van der Waals surface area contributed by atoms with Gasteiger partial charge in [-0.25, -0.2) is 0 Å². The molecule has 0 unspecified atom stereocenters. The van der Waals surface area contributed by atoms with Crippen LogP contribution in [0.25, 0.3) is 11.0 Å². The minimum atomic E-state index is -0.504. The molecule has 0 saturated carbocycles. The monoisotopic (exact) mass is 589 g/mol. The van der Waals surface area contributed by atoms with E-state index in [0.29, 0.717) is 39.1 Å². The average molecular weight is 591 g/mol. The van der Waals surface area contributed by atoms with Crippen LogP contribution in [0.3, 0.4) is 0 Å². The Balaban J connectivity index is 1.69. The van der Waals surface area contributed by atoms with Crippen molar-refractivity contribution in [1.82, 2.24) is 0 Å². The van der Waals surface area contributed by atoms with Gasteiger partial charge in [-0.15, -0.1) is 0 Å². The van der Waals surface area contributed by atoms with Gasteiger partial charge < -0.3 is 19.2 Å². The largest absolute Gasteiger partial charge is 0.496 e. The summed E-state index contributed by atoms with van der Waals surface area (Å²) in [6.07, 6.45) is 1.81. The Labute approximate surface area is 226 Å². The highest BCUT2D eigenvalue weighted by Gasteiger charge is 2.25. The Bertz CT molecular complexity index is 1430. The molecule has 0 aliphatic rings. The van der Waals surface area contributed by atoms with E-state index in [9.17, 15) is 9.59 Å². The molecule has 4 rings (SSSR count). The summed E-state index contributed by atoms with van der Waals surface area (Å²) in [5.41, 5.74) is 1.28. The lowest BCUT2D eigenvalue weighted by Crippen LogP contribution is -2.14. The van der Waals surface area contributed by atoms with Gasteiger partial charge in [0.1, 0.15) is 11.3 Å². The van der Waals surface area contributed by atoms with Gasteiger partial charge in [0.15, 0.2) is 11.5 Å². The fraction of sp³-hybridized carbons (Fsp3) is 0.185. The highest BCUT2D eigenvalue weighted by atomic mass is 79.9. The van der Waals surface area contributed by atoms with E-state index < -0.39 is 11.7 Å². The summed E-state index contributed by atoms with van der Waals surface area (Å²) in [4.78, 5) is 26.7. The summed E-state index contributed by atoms with van der Waals surface area (Å²) in [5, 5.41) is 3.84. The molecule has 0 saturated heterocycles. The lowest BCUT2D eigenvalue weighted by molar-refractivity contribution is 0.101. The summed E-state index contributed by atoms with van der Waals surface area (Å²) in [6.45, 7) is 2.52. The molecule has 0 fully saturated rings. The summed E-state index contributed by atoms with van der Waals surface area (Å²) in [7, 11) is 1.54. The Morgan fingerprint density at radius 3 is 2.42 bits per heavy atom. The number of hydrogen-bond donors (Lipinski definition) is 1. The van der Waals surface area contributed by atoms with Crippen LogP contribution in [-0.2, 0) is 0 Å². The Kier molecular flexibility index (Phi) is 8.24. The standard InChI is InChI=1S/C27H22BrCl2NO5/c1-3-4-11-35-25-19(29)13-16(14-20(25)30)27(33)31-23-17-7-5-6-8-21(17)36-26(23)24(32)15-9-10-22(34-2)18(28)12-15/h5-10,12-14H,3-4,11H2,1-2H3,(H,31,33). The van der Waals surface area contributed by atoms with Crippen molar-refractivity contribution in [3.63, 3.8) is 0 Å². The van der Waals surface area contributed by atoms with E-state index in [4.69, 9.17) is 37.1 Å². The fourth-order valence-electron chi connectivity index (χ4n) is 3.60. The topological polar surface area (TPSA) is 77.8 Å². The zero-order valence-corrected chi connectivity index (χ0v) is 22.6. The van der Waals surface area contributed by atoms with Gasteiger partial charge >= 0.3 is 0 Å². The molecule has 0 spiro atoms. The molecule has 9 heteroatoms. The first kappa shape index (κ1) is 26.1. The molecule has 1 N–H and O–H groups in total. The molecule has 4 aromatic rings. The highest BCUT2D eigenvalue weighted by molar-refractivity contribution is 9.10. The summed E-state index contributed by atoms with van der Waals surface area (Å²) < 4.78 is 17.4. The molecule has 186 valence electrons.